The molecule has 0 radical (unpaired) electrons. The van der Waals surface area contributed by atoms with Gasteiger partial charge in [-0.15, -0.1) is 12.4 Å². The topological polar surface area (TPSA) is 214 Å². The van der Waals surface area contributed by atoms with Crippen LogP contribution in [0, 0.1) is 28.7 Å². The molecule has 54 heavy (non-hydrogen) atoms. The molecule has 0 bridgehead atoms. The largest absolute Gasteiger partial charge is 0.467 e. The summed E-state index contributed by atoms with van der Waals surface area (Å²) in [6, 6.07) is -0.505. The lowest BCUT2D eigenvalue weighted by atomic mass is 10.0. The van der Waals surface area contributed by atoms with Gasteiger partial charge < -0.3 is 25.0 Å². The molecule has 4 atom stereocenters. The summed E-state index contributed by atoms with van der Waals surface area (Å²) in [7, 11) is -2.84. The number of ether oxygens (including phenoxy) is 1. The Bertz CT molecular complexity index is 1650. The van der Waals surface area contributed by atoms with E-state index in [0.717, 1.165) is 36.0 Å². The molecule has 0 aromatic rings. The zero-order chi connectivity index (χ0) is 39.3. The molecule has 6 fully saturated rings. The van der Waals surface area contributed by atoms with E-state index in [1.165, 1.54) is 0 Å². The van der Waals surface area contributed by atoms with Crippen molar-refractivity contribution in [2.24, 2.45) is 16.6 Å². The number of likely N-dealkylation sites (tertiary alicyclic amines) is 2. The molecule has 2 heterocycles. The minimum Gasteiger partial charge on any atom is -0.467 e. The maximum absolute atomic E-state index is 13.1. The van der Waals surface area contributed by atoms with Crippen molar-refractivity contribution in [3.8, 4) is 6.07 Å². The molecule has 2 saturated heterocycles. The van der Waals surface area contributed by atoms with E-state index in [-0.39, 0.29) is 64.9 Å². The Balaban J connectivity index is 0.000000313. The molecule has 3 amide bonds. The van der Waals surface area contributed by atoms with Crippen LogP contribution in [0.15, 0.2) is 0 Å². The molecular weight excluding hydrogens is 782 g/mol. The zero-order valence-corrected chi connectivity index (χ0v) is 30.1. The minimum absolute atomic E-state index is 0. The first-order valence-corrected chi connectivity index (χ1v) is 17.9. The van der Waals surface area contributed by atoms with E-state index in [1.54, 1.807) is 0 Å². The van der Waals surface area contributed by atoms with Crippen molar-refractivity contribution in [3.05, 3.63) is 11.4 Å². The van der Waals surface area contributed by atoms with E-state index in [4.69, 9.17) is 21.8 Å². The molecule has 4 N–H and O–H groups in total. The van der Waals surface area contributed by atoms with Gasteiger partial charge in [0, 0.05) is 38.8 Å². The average Bonchev–Trinajstić information content (AvgIpc) is 3.87. The predicted molar refractivity (Wildman–Crippen MR) is 176 cm³/mol. The fraction of sp³-hybridized carbons (Fsp3) is 0.806. The first-order valence-electron chi connectivity index (χ1n) is 16.1. The number of rotatable bonds is 7. The SMILES string of the molecule is C.COC(=O)[C@@H]1C[C@@H](OS(C)(=O)=O)CN1C(=O)C1(C(F)(F)F)CC1.Cl.N#CC1(NC(=O)[C@@H]2C[C@H](O)CN2C(=O)C2(C(F)(F)F)CC2)CC1.[C-]#[N+]C1(N)CC1. The van der Waals surface area contributed by atoms with Gasteiger partial charge in [-0.2, -0.15) is 40.0 Å². The average molecular weight is 825 g/mol. The number of carbonyl (C=O) groups excluding carboxylic acids is 4. The second-order valence-corrected chi connectivity index (χ2v) is 15.7. The molecule has 6 aliphatic rings. The first-order chi connectivity index (χ1) is 23.8. The summed E-state index contributed by atoms with van der Waals surface area (Å²) in [5.74, 6) is -3.97. The van der Waals surface area contributed by atoms with Crippen molar-refractivity contribution >= 4 is 46.2 Å². The van der Waals surface area contributed by atoms with E-state index >= 15 is 0 Å². The number of nitrogens with zero attached hydrogens (tertiary/aromatic N) is 4. The number of nitrogens with one attached hydrogen (secondary N) is 1. The van der Waals surface area contributed by atoms with Crippen molar-refractivity contribution in [1.82, 2.24) is 15.1 Å². The molecule has 23 heteroatoms. The summed E-state index contributed by atoms with van der Waals surface area (Å²) < 4.78 is 110. The highest BCUT2D eigenvalue weighted by molar-refractivity contribution is 7.86. The summed E-state index contributed by atoms with van der Waals surface area (Å²) >= 11 is 0. The monoisotopic (exact) mass is 824 g/mol. The Morgan fingerprint density at radius 2 is 1.37 bits per heavy atom. The normalized spacial score (nSPS) is 27.3. The van der Waals surface area contributed by atoms with E-state index in [9.17, 15) is 59.0 Å². The van der Waals surface area contributed by atoms with Gasteiger partial charge in [-0.25, -0.2) is 11.4 Å². The number of hydrogen-bond acceptors (Lipinski definition) is 11. The van der Waals surface area contributed by atoms with Crippen LogP contribution in [0.1, 0.15) is 71.6 Å². The summed E-state index contributed by atoms with van der Waals surface area (Å²) in [4.78, 5) is 53.4. The number of β-amino-alcohol motifs (C(OH)–C–C–N with tert-alkyl or cyclic N) is 1. The Hall–Kier alpha value is -3.44. The molecule has 2 aliphatic heterocycles. The molecule has 6 rings (SSSR count). The number of carbonyl (C=O) groups is 4. The number of nitrogens with two attached hydrogens (primary N) is 1. The number of halogens is 7. The second-order valence-electron chi connectivity index (χ2n) is 14.1. The highest BCUT2D eigenvalue weighted by Gasteiger charge is 2.71. The minimum atomic E-state index is -4.72. The van der Waals surface area contributed by atoms with Crippen LogP contribution < -0.4 is 11.1 Å². The van der Waals surface area contributed by atoms with Crippen LogP contribution in [0.25, 0.3) is 4.85 Å². The smallest absolute Gasteiger partial charge is 0.403 e. The first kappa shape index (κ1) is 46.7. The van der Waals surface area contributed by atoms with Gasteiger partial charge in [-0.05, 0) is 38.5 Å². The predicted octanol–water partition coefficient (Wildman–Crippen LogP) is 2.32. The molecule has 4 saturated carbocycles. The molecule has 4 aliphatic carbocycles. The summed E-state index contributed by atoms with van der Waals surface area (Å²) in [6.07, 6.45) is -9.62. The second kappa shape index (κ2) is 16.0. The van der Waals surface area contributed by atoms with Crippen LogP contribution in [-0.2, 0) is 38.2 Å². The summed E-state index contributed by atoms with van der Waals surface area (Å²) in [5, 5.41) is 21.2. The van der Waals surface area contributed by atoms with Crippen LogP contribution in [0.4, 0.5) is 26.3 Å². The van der Waals surface area contributed by atoms with Crippen LogP contribution in [0.2, 0.25) is 0 Å². The van der Waals surface area contributed by atoms with Gasteiger partial charge >= 0.3 is 18.3 Å². The van der Waals surface area contributed by atoms with Crippen molar-refractivity contribution in [2.75, 3.05) is 26.5 Å². The van der Waals surface area contributed by atoms with E-state index in [2.05, 4.69) is 14.9 Å². The van der Waals surface area contributed by atoms with Crippen LogP contribution in [-0.4, -0.2) is 121 Å². The number of hydrogen-bond donors (Lipinski definition) is 3. The fourth-order valence-electron chi connectivity index (χ4n) is 5.97. The molecule has 0 unspecified atom stereocenters. The summed E-state index contributed by atoms with van der Waals surface area (Å²) in [5.41, 5.74) is -0.998. The van der Waals surface area contributed by atoms with Crippen molar-refractivity contribution in [1.29, 1.82) is 5.26 Å². The molecule has 0 spiro atoms. The number of methoxy groups -OCH3 is 1. The van der Waals surface area contributed by atoms with Crippen molar-refractivity contribution in [2.45, 2.75) is 119 Å². The lowest BCUT2D eigenvalue weighted by molar-refractivity contribution is -0.200. The Morgan fingerprint density at radius 1 is 0.907 bits per heavy atom. The van der Waals surface area contributed by atoms with Gasteiger partial charge in [0.05, 0.1) is 31.6 Å². The van der Waals surface area contributed by atoms with Crippen molar-refractivity contribution < 1.29 is 68.0 Å². The number of esters is 1. The van der Waals surface area contributed by atoms with Crippen LogP contribution in [0.3, 0.4) is 0 Å². The molecule has 0 aromatic carbocycles. The maximum atomic E-state index is 13.1. The number of alkyl halides is 6. The molecule has 306 valence electrons. The number of aliphatic hydroxyl groups is 1. The standard InChI is InChI=1S/C14H16F3N3O3.C12H16F3NO6S.C4H6N2.CH4.ClH/c15-14(16,17)13(3-4-13)11(23)20-6-8(21)5-9(20)10(22)19-12(7-18)1-2-12;1-21-9(17)8-5-7(22-23(2,19)20)6-16(8)10(18)11(3-4-11)12(13,14)15;1-6-4(5)2-3-4;;/h8-9,21H,1-6H2,(H,19,22);7-8H,3-6H2,1-2H3;2-3,5H2;1H4;1H/t8-,9-;7-,8+;;;/m01.../s1. The van der Waals surface area contributed by atoms with Crippen LogP contribution in [0.5, 0.6) is 0 Å². The fourth-order valence-corrected chi connectivity index (χ4v) is 6.60. The van der Waals surface area contributed by atoms with Crippen LogP contribution >= 0.6 is 12.4 Å². The van der Waals surface area contributed by atoms with Gasteiger partial charge in [0.1, 0.15) is 28.5 Å². The third kappa shape index (κ3) is 10.0. The lowest BCUT2D eigenvalue weighted by Gasteiger charge is -2.29. The highest BCUT2D eigenvalue weighted by atomic mass is 35.5. The van der Waals surface area contributed by atoms with Gasteiger partial charge in [-0.1, -0.05) is 7.43 Å². The van der Waals surface area contributed by atoms with Gasteiger partial charge in [-0.3, -0.25) is 29.1 Å². The third-order valence-electron chi connectivity index (χ3n) is 9.87. The zero-order valence-electron chi connectivity index (χ0n) is 28.5. The number of amides is 3. The van der Waals surface area contributed by atoms with E-state index in [0.29, 0.717) is 12.8 Å². The Kier molecular flexibility index (Phi) is 13.8. The van der Waals surface area contributed by atoms with Gasteiger partial charge in [0.15, 0.2) is 0 Å². The lowest BCUT2D eigenvalue weighted by Crippen LogP contribution is -2.53. The van der Waals surface area contributed by atoms with Gasteiger partial charge in [0.2, 0.25) is 17.7 Å². The van der Waals surface area contributed by atoms with Crippen molar-refractivity contribution in [3.63, 3.8) is 0 Å². The molecular formula is C31H43ClF6N6O9S. The Morgan fingerprint density at radius 3 is 1.69 bits per heavy atom. The highest BCUT2D eigenvalue weighted by Crippen LogP contribution is 2.60. The number of nitriles is 1. The quantitative estimate of drug-likeness (QED) is 0.147. The number of aliphatic hydroxyl groups excluding tert-OH is 1. The van der Waals surface area contributed by atoms with Gasteiger partial charge in [0.25, 0.3) is 15.8 Å². The van der Waals surface area contributed by atoms with E-state index in [1.807, 2.05) is 6.07 Å². The summed E-state index contributed by atoms with van der Waals surface area (Å²) in [6.45, 7) is 5.71. The third-order valence-corrected chi connectivity index (χ3v) is 10.5. The maximum Gasteiger partial charge on any atom is 0.403 e. The Labute approximate surface area is 314 Å². The molecule has 0 aromatic heterocycles. The molecule has 15 nitrogen and oxygen atoms in total. The van der Waals surface area contributed by atoms with E-state index < -0.39 is 99.0 Å².